The van der Waals surface area contributed by atoms with Crippen molar-refractivity contribution in [3.05, 3.63) is 34.3 Å². The van der Waals surface area contributed by atoms with E-state index in [1.54, 1.807) is 30.0 Å². The molecule has 0 spiro atoms. The van der Waals surface area contributed by atoms with Gasteiger partial charge in [-0.1, -0.05) is 11.6 Å². The number of nitrogens with one attached hydrogen (secondary N) is 1. The van der Waals surface area contributed by atoms with Crippen LogP contribution in [0, 0.1) is 6.92 Å². The van der Waals surface area contributed by atoms with E-state index in [4.69, 9.17) is 11.6 Å². The zero-order chi connectivity index (χ0) is 19.3. The molecule has 1 heterocycles. The maximum Gasteiger partial charge on any atom is 0.323 e. The van der Waals surface area contributed by atoms with Crippen LogP contribution >= 0.6 is 11.6 Å². The van der Waals surface area contributed by atoms with Crippen molar-refractivity contribution in [3.63, 3.8) is 0 Å². The fourth-order valence-corrected chi connectivity index (χ4v) is 3.40. The first-order chi connectivity index (χ1) is 12.3. The summed E-state index contributed by atoms with van der Waals surface area (Å²) in [5.41, 5.74) is 1.15. The van der Waals surface area contributed by atoms with Gasteiger partial charge in [0.2, 0.25) is 0 Å². The number of likely N-dealkylation sites (tertiary alicyclic amines) is 1. The number of carboxylic acid groups (broad SMARTS) is 1. The second kappa shape index (κ2) is 8.89. The smallest absolute Gasteiger partial charge is 0.323 e. The van der Waals surface area contributed by atoms with E-state index in [1.165, 1.54) is 4.90 Å². The summed E-state index contributed by atoms with van der Waals surface area (Å²) in [6, 6.07) is 4.58. The summed E-state index contributed by atoms with van der Waals surface area (Å²) in [6.07, 6.45) is 1.09. The number of hydrogen-bond donors (Lipinski definition) is 2. The molecule has 0 atom stereocenters. The van der Waals surface area contributed by atoms with Crippen molar-refractivity contribution in [2.24, 2.45) is 0 Å². The van der Waals surface area contributed by atoms with Gasteiger partial charge >= 0.3 is 12.0 Å². The molecule has 8 heteroatoms. The highest BCUT2D eigenvalue weighted by Gasteiger charge is 2.31. The number of carbonyl (C=O) groups excluding carboxylic acids is 2. The molecule has 0 bridgehead atoms. The molecule has 0 aromatic heterocycles. The van der Waals surface area contributed by atoms with Crippen LogP contribution in [-0.4, -0.2) is 65.0 Å². The predicted molar refractivity (Wildman–Crippen MR) is 98.5 cm³/mol. The van der Waals surface area contributed by atoms with Gasteiger partial charge in [-0.25, -0.2) is 4.79 Å². The maximum absolute atomic E-state index is 13.0. The molecular weight excluding hydrogens is 358 g/mol. The first kappa shape index (κ1) is 20.0. The van der Waals surface area contributed by atoms with Gasteiger partial charge in [0, 0.05) is 36.3 Å². The van der Waals surface area contributed by atoms with E-state index in [-0.39, 0.29) is 24.5 Å². The average molecular weight is 382 g/mol. The van der Waals surface area contributed by atoms with Crippen LogP contribution in [0.2, 0.25) is 5.02 Å². The number of nitrogens with zero attached hydrogens (tertiary/aromatic N) is 2. The van der Waals surface area contributed by atoms with E-state index in [0.717, 1.165) is 0 Å². The van der Waals surface area contributed by atoms with E-state index in [2.05, 4.69) is 5.32 Å². The summed E-state index contributed by atoms with van der Waals surface area (Å²) in [5, 5.41) is 12.5. The molecule has 1 aromatic rings. The van der Waals surface area contributed by atoms with Crippen molar-refractivity contribution < 1.29 is 19.5 Å². The van der Waals surface area contributed by atoms with Gasteiger partial charge in [-0.15, -0.1) is 0 Å². The highest BCUT2D eigenvalue weighted by molar-refractivity contribution is 6.30. The number of piperidine rings is 1. The van der Waals surface area contributed by atoms with Gasteiger partial charge in [-0.3, -0.25) is 9.59 Å². The molecule has 1 saturated heterocycles. The SMILES string of the molecule is CCNC(=O)N1CCC(N(CC(=O)O)C(=O)c2ccc(Cl)cc2C)CC1. The van der Waals surface area contributed by atoms with Crippen LogP contribution < -0.4 is 5.32 Å². The molecule has 3 amide bonds. The maximum atomic E-state index is 13.0. The largest absolute Gasteiger partial charge is 0.480 e. The van der Waals surface area contributed by atoms with Crippen molar-refractivity contribution >= 4 is 29.5 Å². The molecule has 2 rings (SSSR count). The number of hydrogen-bond acceptors (Lipinski definition) is 3. The van der Waals surface area contributed by atoms with Crippen LogP contribution in [-0.2, 0) is 4.79 Å². The minimum atomic E-state index is -1.06. The molecule has 26 heavy (non-hydrogen) atoms. The number of urea groups is 1. The van der Waals surface area contributed by atoms with Crippen LogP contribution in [0.5, 0.6) is 0 Å². The van der Waals surface area contributed by atoms with Crippen molar-refractivity contribution in [2.45, 2.75) is 32.7 Å². The number of aryl methyl sites for hydroxylation is 1. The molecule has 0 unspecified atom stereocenters. The van der Waals surface area contributed by atoms with Gasteiger partial charge in [0.05, 0.1) is 0 Å². The van der Waals surface area contributed by atoms with Gasteiger partial charge in [0.1, 0.15) is 6.54 Å². The Bertz CT molecular complexity index is 687. The summed E-state index contributed by atoms with van der Waals surface area (Å²) in [6.45, 7) is 4.78. The fraction of sp³-hybridized carbons (Fsp3) is 0.500. The van der Waals surface area contributed by atoms with E-state index in [9.17, 15) is 19.5 Å². The molecule has 1 fully saturated rings. The zero-order valence-corrected chi connectivity index (χ0v) is 15.8. The molecular formula is C18H24ClN3O4. The van der Waals surface area contributed by atoms with E-state index in [1.807, 2.05) is 6.92 Å². The van der Waals surface area contributed by atoms with Gasteiger partial charge in [0.25, 0.3) is 5.91 Å². The normalized spacial score (nSPS) is 14.8. The second-order valence-corrected chi connectivity index (χ2v) is 6.78. The second-order valence-electron chi connectivity index (χ2n) is 6.34. The topological polar surface area (TPSA) is 90.0 Å². The number of amides is 3. The lowest BCUT2D eigenvalue weighted by Crippen LogP contribution is -2.52. The molecule has 2 N–H and O–H groups in total. The molecule has 1 aromatic carbocycles. The first-order valence-electron chi connectivity index (χ1n) is 8.65. The van der Waals surface area contributed by atoms with Gasteiger partial charge in [0.15, 0.2) is 0 Å². The third-order valence-electron chi connectivity index (χ3n) is 4.51. The van der Waals surface area contributed by atoms with Crippen molar-refractivity contribution in [2.75, 3.05) is 26.2 Å². The Labute approximate surface area is 157 Å². The number of carboxylic acids is 1. The predicted octanol–water partition coefficient (Wildman–Crippen LogP) is 2.37. The summed E-state index contributed by atoms with van der Waals surface area (Å²) < 4.78 is 0. The Hall–Kier alpha value is -2.28. The van der Waals surface area contributed by atoms with Crippen LogP contribution in [0.15, 0.2) is 18.2 Å². The monoisotopic (exact) mass is 381 g/mol. The Kier molecular flexibility index (Phi) is 6.85. The Morgan fingerprint density at radius 1 is 1.31 bits per heavy atom. The Balaban J connectivity index is 2.14. The summed E-state index contributed by atoms with van der Waals surface area (Å²) in [7, 11) is 0. The standard InChI is InChI=1S/C18H24ClN3O4/c1-3-20-18(26)21-8-6-14(7-9-21)22(11-16(23)24)17(25)15-5-4-13(19)10-12(15)2/h4-5,10,14H,3,6-9,11H2,1-2H3,(H,20,26)(H,23,24). The zero-order valence-electron chi connectivity index (χ0n) is 15.0. The summed E-state index contributed by atoms with van der Waals surface area (Å²) in [5.74, 6) is -1.38. The summed E-state index contributed by atoms with van der Waals surface area (Å²) in [4.78, 5) is 39.3. The highest BCUT2D eigenvalue weighted by Crippen LogP contribution is 2.22. The van der Waals surface area contributed by atoms with E-state index in [0.29, 0.717) is 48.6 Å². The Morgan fingerprint density at radius 2 is 1.96 bits per heavy atom. The molecule has 0 aliphatic carbocycles. The van der Waals surface area contributed by atoms with Gasteiger partial charge < -0.3 is 20.2 Å². The molecule has 142 valence electrons. The Morgan fingerprint density at radius 3 is 2.50 bits per heavy atom. The summed E-state index contributed by atoms with van der Waals surface area (Å²) >= 11 is 5.94. The van der Waals surface area contributed by atoms with Crippen molar-refractivity contribution in [3.8, 4) is 0 Å². The third-order valence-corrected chi connectivity index (χ3v) is 4.74. The van der Waals surface area contributed by atoms with E-state index < -0.39 is 5.97 Å². The van der Waals surface area contributed by atoms with Crippen LogP contribution in [0.1, 0.15) is 35.7 Å². The van der Waals surface area contributed by atoms with Gasteiger partial charge in [-0.2, -0.15) is 0 Å². The van der Waals surface area contributed by atoms with Crippen molar-refractivity contribution in [1.29, 1.82) is 0 Å². The molecule has 1 aliphatic rings. The van der Waals surface area contributed by atoms with Crippen molar-refractivity contribution in [1.82, 2.24) is 15.1 Å². The quantitative estimate of drug-likeness (QED) is 0.819. The number of benzene rings is 1. The third kappa shape index (κ3) is 4.88. The van der Waals surface area contributed by atoms with Crippen LogP contribution in [0.4, 0.5) is 4.79 Å². The lowest BCUT2D eigenvalue weighted by molar-refractivity contribution is -0.138. The molecule has 7 nitrogen and oxygen atoms in total. The van der Waals surface area contributed by atoms with Gasteiger partial charge in [-0.05, 0) is 50.5 Å². The first-order valence-corrected chi connectivity index (χ1v) is 9.03. The van der Waals surface area contributed by atoms with E-state index >= 15 is 0 Å². The number of rotatable bonds is 5. The van der Waals surface area contributed by atoms with Crippen LogP contribution in [0.25, 0.3) is 0 Å². The fourth-order valence-electron chi connectivity index (χ4n) is 3.18. The number of aliphatic carboxylic acids is 1. The lowest BCUT2D eigenvalue weighted by Gasteiger charge is -2.38. The average Bonchev–Trinajstić information content (AvgIpc) is 2.59. The minimum absolute atomic E-state index is 0.129. The lowest BCUT2D eigenvalue weighted by atomic mass is 10.0. The number of halogens is 1. The van der Waals surface area contributed by atoms with Crippen LogP contribution in [0.3, 0.4) is 0 Å². The molecule has 0 saturated carbocycles. The highest BCUT2D eigenvalue weighted by atomic mass is 35.5. The molecule has 0 radical (unpaired) electrons. The molecule has 1 aliphatic heterocycles. The minimum Gasteiger partial charge on any atom is -0.480 e. The number of carbonyl (C=O) groups is 3.